The molecule has 0 amide bonds. The Morgan fingerprint density at radius 2 is 1.70 bits per heavy atom. The van der Waals surface area contributed by atoms with Gasteiger partial charge < -0.3 is 14.7 Å². The highest BCUT2D eigenvalue weighted by Crippen LogP contribution is 2.31. The number of ether oxygens (including phenoxy) is 1. The van der Waals surface area contributed by atoms with Gasteiger partial charge in [0.15, 0.2) is 5.65 Å². The van der Waals surface area contributed by atoms with Crippen molar-refractivity contribution in [3.63, 3.8) is 0 Å². The standard InChI is InChI=1S/C29H24N8O2.C2HF3O2/c38-29-30-19-36(34-29)23-10-6-21(7-11-23)27-25(12-9-22-8-5-20-3-1-2-4-24(20)32-22)33-28-26(13-14-31-37(27)28)35-15-17-39-18-16-35;3-2(4,5)1(6)7/h1-14,19H,15-18H2,(H,34,38);(H,6,7). The van der Waals surface area contributed by atoms with Crippen LogP contribution in [-0.2, 0) is 9.53 Å². The molecule has 1 saturated heterocycles. The third-order valence-corrected chi connectivity index (χ3v) is 7.08. The first kappa shape index (κ1) is 30.2. The largest absolute Gasteiger partial charge is 0.490 e. The number of nitrogens with zero attached hydrogens (tertiary/aromatic N) is 7. The number of benzene rings is 2. The number of carboxylic acids is 1. The van der Waals surface area contributed by atoms with Gasteiger partial charge in [-0.1, -0.05) is 36.4 Å². The van der Waals surface area contributed by atoms with Crippen LogP contribution >= 0.6 is 0 Å². The molecule has 4 aromatic heterocycles. The Kier molecular flexibility index (Phi) is 8.31. The molecule has 0 aliphatic carbocycles. The number of anilines is 1. The predicted molar refractivity (Wildman–Crippen MR) is 164 cm³/mol. The molecule has 234 valence electrons. The van der Waals surface area contributed by atoms with Crippen LogP contribution in [0.3, 0.4) is 0 Å². The summed E-state index contributed by atoms with van der Waals surface area (Å²) in [5.41, 5.74) is 6.57. The van der Waals surface area contributed by atoms with Crippen molar-refractivity contribution in [2.75, 3.05) is 31.2 Å². The molecule has 46 heavy (non-hydrogen) atoms. The number of rotatable bonds is 5. The maximum Gasteiger partial charge on any atom is 0.490 e. The van der Waals surface area contributed by atoms with E-state index in [0.29, 0.717) is 13.2 Å². The van der Waals surface area contributed by atoms with Crippen molar-refractivity contribution >= 4 is 40.4 Å². The zero-order valence-electron chi connectivity index (χ0n) is 23.9. The van der Waals surface area contributed by atoms with Crippen molar-refractivity contribution in [1.82, 2.24) is 34.3 Å². The molecular formula is C31H25F3N8O4. The molecule has 0 unspecified atom stereocenters. The van der Waals surface area contributed by atoms with Crippen molar-refractivity contribution in [2.24, 2.45) is 0 Å². The summed E-state index contributed by atoms with van der Waals surface area (Å²) in [5.74, 6) is -2.76. The van der Waals surface area contributed by atoms with Gasteiger partial charge in [0.2, 0.25) is 0 Å². The van der Waals surface area contributed by atoms with Gasteiger partial charge in [-0.25, -0.2) is 33.9 Å². The molecule has 6 aromatic rings. The minimum atomic E-state index is -5.08. The van der Waals surface area contributed by atoms with Crippen molar-refractivity contribution in [3.05, 3.63) is 101 Å². The normalized spacial score (nSPS) is 13.7. The van der Waals surface area contributed by atoms with Crippen molar-refractivity contribution < 1.29 is 27.8 Å². The number of H-pyrrole nitrogens is 1. The first-order valence-corrected chi connectivity index (χ1v) is 14.0. The monoisotopic (exact) mass is 630 g/mol. The van der Waals surface area contributed by atoms with E-state index in [-0.39, 0.29) is 0 Å². The molecule has 12 nitrogen and oxygen atoms in total. The number of hydrogen-bond acceptors (Lipinski definition) is 8. The maximum absolute atomic E-state index is 11.5. The van der Waals surface area contributed by atoms with Gasteiger partial charge in [0, 0.05) is 24.0 Å². The van der Waals surface area contributed by atoms with Crippen LogP contribution in [0.2, 0.25) is 0 Å². The number of para-hydroxylation sites is 1. The lowest BCUT2D eigenvalue weighted by atomic mass is 10.1. The quantitative estimate of drug-likeness (QED) is 0.282. The molecule has 7 rings (SSSR count). The Bertz CT molecular complexity index is 2100. The number of aromatic nitrogens is 7. The molecular weight excluding hydrogens is 605 g/mol. The fraction of sp³-hybridized carbons (Fsp3) is 0.161. The Labute approximate surface area is 258 Å². The van der Waals surface area contributed by atoms with E-state index < -0.39 is 17.8 Å². The molecule has 2 N–H and O–H groups in total. The highest BCUT2D eigenvalue weighted by Gasteiger charge is 2.38. The number of alkyl halides is 3. The van der Waals surface area contributed by atoms with Crippen LogP contribution < -0.4 is 10.6 Å². The number of pyridine rings is 1. The van der Waals surface area contributed by atoms with Crippen LogP contribution in [0.15, 0.2) is 84.0 Å². The van der Waals surface area contributed by atoms with Crippen LogP contribution in [0.5, 0.6) is 0 Å². The topological polar surface area (TPSA) is 144 Å². The minimum absolute atomic E-state index is 0.393. The Morgan fingerprint density at radius 3 is 2.39 bits per heavy atom. The predicted octanol–water partition coefficient (Wildman–Crippen LogP) is 4.46. The lowest BCUT2D eigenvalue weighted by molar-refractivity contribution is -0.192. The fourth-order valence-corrected chi connectivity index (χ4v) is 4.91. The molecule has 0 spiro atoms. The maximum atomic E-state index is 11.5. The van der Waals surface area contributed by atoms with Crippen molar-refractivity contribution in [3.8, 4) is 16.9 Å². The summed E-state index contributed by atoms with van der Waals surface area (Å²) >= 11 is 0. The molecule has 0 atom stereocenters. The summed E-state index contributed by atoms with van der Waals surface area (Å²) in [6, 6.07) is 22.0. The second-order valence-electron chi connectivity index (χ2n) is 10.0. The van der Waals surface area contributed by atoms with Crippen LogP contribution in [0, 0.1) is 0 Å². The second-order valence-corrected chi connectivity index (χ2v) is 10.0. The van der Waals surface area contributed by atoms with Gasteiger partial charge in [-0.3, -0.25) is 0 Å². The van der Waals surface area contributed by atoms with Gasteiger partial charge in [0.25, 0.3) is 0 Å². The van der Waals surface area contributed by atoms with E-state index in [2.05, 4.69) is 27.1 Å². The zero-order valence-corrected chi connectivity index (χ0v) is 23.9. The van der Waals surface area contributed by atoms with Crippen LogP contribution in [-0.4, -0.2) is 77.9 Å². The van der Waals surface area contributed by atoms with Crippen LogP contribution in [0.1, 0.15) is 11.4 Å². The number of aromatic amines is 1. The summed E-state index contributed by atoms with van der Waals surface area (Å²) in [6.45, 7) is 2.96. The van der Waals surface area contributed by atoms with E-state index >= 15 is 0 Å². The third-order valence-electron chi connectivity index (χ3n) is 7.08. The minimum Gasteiger partial charge on any atom is -0.475 e. The lowest BCUT2D eigenvalue weighted by Crippen LogP contribution is -2.36. The van der Waals surface area contributed by atoms with Gasteiger partial charge in [-0.15, -0.1) is 0 Å². The van der Waals surface area contributed by atoms with Crippen LogP contribution in [0.4, 0.5) is 18.9 Å². The van der Waals surface area contributed by atoms with E-state index in [9.17, 15) is 18.0 Å². The number of aliphatic carboxylic acids is 1. The average Bonchev–Trinajstić information content (AvgIpc) is 3.67. The van der Waals surface area contributed by atoms with Gasteiger partial charge in [0.05, 0.1) is 47.7 Å². The van der Waals surface area contributed by atoms with Crippen molar-refractivity contribution in [1.29, 1.82) is 0 Å². The Morgan fingerprint density at radius 1 is 0.957 bits per heavy atom. The summed E-state index contributed by atoms with van der Waals surface area (Å²) in [5, 5.41) is 15.6. The number of nitrogens with one attached hydrogen (secondary N) is 1. The van der Waals surface area contributed by atoms with Crippen molar-refractivity contribution in [2.45, 2.75) is 6.18 Å². The fourth-order valence-electron chi connectivity index (χ4n) is 4.91. The number of morpholine rings is 1. The molecule has 2 aromatic carbocycles. The van der Waals surface area contributed by atoms with E-state index in [4.69, 9.17) is 29.7 Å². The zero-order chi connectivity index (χ0) is 32.3. The van der Waals surface area contributed by atoms with Crippen LogP contribution in [0.25, 0.3) is 45.6 Å². The van der Waals surface area contributed by atoms with Gasteiger partial charge >= 0.3 is 17.8 Å². The van der Waals surface area contributed by atoms with Gasteiger partial charge in [-0.05, 0) is 42.5 Å². The first-order chi connectivity index (χ1) is 22.2. The average molecular weight is 631 g/mol. The Balaban J connectivity index is 0.000000480. The Hall–Kier alpha value is -5.83. The molecule has 15 heteroatoms. The second kappa shape index (κ2) is 12.6. The molecule has 0 saturated carbocycles. The SMILES string of the molecule is O=C(O)C(F)(F)F.O=c1ncn(-c2ccc(-c3c(C=Cc4ccc5ccccc5n4)nc4c(N5CCOCC5)ccnn34)cc2)[nH]1. The van der Waals surface area contributed by atoms with E-state index in [1.54, 1.807) is 4.68 Å². The number of imidazole rings is 1. The lowest BCUT2D eigenvalue weighted by Gasteiger charge is -2.28. The van der Waals surface area contributed by atoms with Gasteiger partial charge in [-0.2, -0.15) is 23.3 Å². The molecule has 1 fully saturated rings. The summed E-state index contributed by atoms with van der Waals surface area (Å²) in [7, 11) is 0. The van der Waals surface area contributed by atoms with E-state index in [1.807, 2.05) is 77.5 Å². The molecule has 0 bridgehead atoms. The van der Waals surface area contributed by atoms with E-state index in [1.165, 1.54) is 6.33 Å². The highest BCUT2D eigenvalue weighted by molar-refractivity contribution is 5.84. The van der Waals surface area contributed by atoms with E-state index in [0.717, 1.165) is 63.7 Å². The number of halogens is 3. The molecule has 1 aliphatic rings. The highest BCUT2D eigenvalue weighted by atomic mass is 19.4. The molecule has 0 radical (unpaired) electrons. The number of hydrogen-bond donors (Lipinski definition) is 2. The third kappa shape index (κ3) is 6.49. The number of carbonyl (C=O) groups is 1. The smallest absolute Gasteiger partial charge is 0.475 e. The molecule has 1 aliphatic heterocycles. The number of fused-ring (bicyclic) bond motifs is 2. The van der Waals surface area contributed by atoms with Gasteiger partial charge in [0.1, 0.15) is 12.0 Å². The molecule has 5 heterocycles. The number of carboxylic acid groups (broad SMARTS) is 1. The summed E-state index contributed by atoms with van der Waals surface area (Å²) in [6.07, 6.45) is 2.17. The summed E-state index contributed by atoms with van der Waals surface area (Å²) < 4.78 is 40.8. The summed E-state index contributed by atoms with van der Waals surface area (Å²) in [4.78, 5) is 36.3. The first-order valence-electron chi connectivity index (χ1n) is 14.0.